The Morgan fingerprint density at radius 3 is 0.833 bits per heavy atom. The smallest absolute Gasteiger partial charge is 0.462 e. The number of allylic oxidation sites excluding steroid dienone is 10. The second-order valence-corrected chi connectivity index (χ2v) is 28.8. The Balaban J connectivity index is 5.34. The molecule has 0 aromatic rings. The molecule has 0 heterocycles. The molecule has 17 nitrogen and oxygen atoms in total. The standard InChI is InChI=1S/C77H140O17P2/c1-5-9-13-17-21-25-29-33-34-35-36-40-42-46-50-54-58-62-75(80)88-68-73(94-77(82)64-60-56-52-48-44-39-32-28-24-20-16-12-8-4)70-92-96(85,86)90-66-71(78)65-89-95(83,84)91-69-72(93-76(81)63-59-55-51-47-43-38-31-27-23-19-15-11-7-3)67-87-74(79)61-57-53-49-45-41-37-30-26-22-18-14-10-6-2/h9,13,21,25,33-34,36,40,46,50,71-73,78H,5-8,10-12,14-20,22-24,26-32,35,37-39,41-45,47-49,51-70H2,1-4H3,(H,83,84)(H,85,86)/b13-9-,25-21-,34-33-,40-36-,50-46-. The van der Waals surface area contributed by atoms with Crippen LogP contribution in [0.3, 0.4) is 0 Å². The third kappa shape index (κ3) is 69.2. The number of phosphoric ester groups is 2. The van der Waals surface area contributed by atoms with Gasteiger partial charge in [-0.05, 0) is 64.2 Å². The van der Waals surface area contributed by atoms with Crippen LogP contribution in [0.1, 0.15) is 349 Å². The third-order valence-electron chi connectivity index (χ3n) is 16.5. The molecule has 0 aromatic carbocycles. The van der Waals surface area contributed by atoms with Gasteiger partial charge in [0.15, 0.2) is 12.2 Å². The van der Waals surface area contributed by atoms with Crippen molar-refractivity contribution in [3.05, 3.63) is 60.8 Å². The van der Waals surface area contributed by atoms with Gasteiger partial charge < -0.3 is 33.8 Å². The van der Waals surface area contributed by atoms with Gasteiger partial charge in [0.25, 0.3) is 0 Å². The van der Waals surface area contributed by atoms with E-state index >= 15 is 0 Å². The molecule has 0 radical (unpaired) electrons. The average molecular weight is 1400 g/mol. The molecule has 0 spiro atoms. The Morgan fingerprint density at radius 1 is 0.302 bits per heavy atom. The van der Waals surface area contributed by atoms with Gasteiger partial charge in [-0.25, -0.2) is 9.13 Å². The van der Waals surface area contributed by atoms with E-state index in [1.807, 2.05) is 12.2 Å². The number of carbonyl (C=O) groups is 4. The van der Waals surface area contributed by atoms with Crippen LogP contribution in [0.5, 0.6) is 0 Å². The lowest BCUT2D eigenvalue weighted by Crippen LogP contribution is -2.30. The molecule has 5 atom stereocenters. The largest absolute Gasteiger partial charge is 0.472 e. The highest BCUT2D eigenvalue weighted by Gasteiger charge is 2.30. The van der Waals surface area contributed by atoms with Crippen molar-refractivity contribution >= 4 is 39.5 Å². The van der Waals surface area contributed by atoms with Crippen LogP contribution in [0.4, 0.5) is 0 Å². The first-order valence-corrected chi connectivity index (χ1v) is 41.5. The van der Waals surface area contributed by atoms with E-state index in [1.165, 1.54) is 161 Å². The quantitative estimate of drug-likeness (QED) is 0.0169. The Kier molecular flexibility index (Phi) is 67.8. The first-order chi connectivity index (χ1) is 46.7. The molecule has 0 aliphatic rings. The first kappa shape index (κ1) is 92.8. The zero-order valence-electron chi connectivity index (χ0n) is 61.1. The summed E-state index contributed by atoms with van der Waals surface area (Å²) >= 11 is 0. The number of aliphatic hydroxyl groups excluding tert-OH is 1. The summed E-state index contributed by atoms with van der Waals surface area (Å²) in [7, 11) is -9.94. The number of hydrogen-bond donors (Lipinski definition) is 3. The first-order valence-electron chi connectivity index (χ1n) is 38.5. The van der Waals surface area contributed by atoms with Gasteiger partial charge in [0.1, 0.15) is 19.3 Å². The zero-order valence-corrected chi connectivity index (χ0v) is 62.8. The van der Waals surface area contributed by atoms with Gasteiger partial charge in [-0.2, -0.15) is 0 Å². The normalized spacial score (nSPS) is 14.3. The zero-order chi connectivity index (χ0) is 70.4. The molecule has 19 heteroatoms. The molecule has 0 bridgehead atoms. The summed E-state index contributed by atoms with van der Waals surface area (Å²) in [5.74, 6) is -2.21. The molecule has 0 fully saturated rings. The predicted octanol–water partition coefficient (Wildman–Crippen LogP) is 21.9. The number of esters is 4. The lowest BCUT2D eigenvalue weighted by Gasteiger charge is -2.21. The van der Waals surface area contributed by atoms with Crippen LogP contribution in [0.2, 0.25) is 0 Å². The summed E-state index contributed by atoms with van der Waals surface area (Å²) in [5.41, 5.74) is 0. The van der Waals surface area contributed by atoms with Gasteiger partial charge in [0.05, 0.1) is 26.4 Å². The van der Waals surface area contributed by atoms with Crippen molar-refractivity contribution < 1.29 is 80.2 Å². The lowest BCUT2D eigenvalue weighted by atomic mass is 10.0. The van der Waals surface area contributed by atoms with Crippen molar-refractivity contribution in [3.8, 4) is 0 Å². The van der Waals surface area contributed by atoms with Crippen LogP contribution in [0.15, 0.2) is 60.8 Å². The number of ether oxygens (including phenoxy) is 4. The van der Waals surface area contributed by atoms with E-state index < -0.39 is 97.5 Å². The molecule has 0 rings (SSSR count). The molecular weight excluding hydrogens is 1260 g/mol. The van der Waals surface area contributed by atoms with Gasteiger partial charge in [0.2, 0.25) is 0 Å². The van der Waals surface area contributed by atoms with Crippen LogP contribution in [-0.2, 0) is 65.4 Å². The number of aliphatic hydroxyl groups is 1. The van der Waals surface area contributed by atoms with E-state index in [1.54, 1.807) is 0 Å². The summed E-state index contributed by atoms with van der Waals surface area (Å²) in [4.78, 5) is 72.8. The fraction of sp³-hybridized carbons (Fsp3) is 0.818. The Bertz CT molecular complexity index is 2060. The predicted molar refractivity (Wildman–Crippen MR) is 390 cm³/mol. The van der Waals surface area contributed by atoms with Crippen LogP contribution < -0.4 is 0 Å². The van der Waals surface area contributed by atoms with Crippen molar-refractivity contribution in [1.29, 1.82) is 0 Å². The minimum Gasteiger partial charge on any atom is -0.462 e. The molecule has 96 heavy (non-hydrogen) atoms. The monoisotopic (exact) mass is 1400 g/mol. The molecular formula is C77H140O17P2. The maximum Gasteiger partial charge on any atom is 0.472 e. The maximum atomic E-state index is 13.1. The van der Waals surface area contributed by atoms with Crippen LogP contribution >= 0.6 is 15.6 Å². The number of rotatable bonds is 73. The maximum absolute atomic E-state index is 13.1. The molecule has 560 valence electrons. The summed E-state index contributed by atoms with van der Waals surface area (Å²) in [5, 5.41) is 10.6. The topological polar surface area (TPSA) is 237 Å². The minimum absolute atomic E-state index is 0.0881. The van der Waals surface area contributed by atoms with E-state index in [4.69, 9.17) is 37.0 Å². The highest BCUT2D eigenvalue weighted by atomic mass is 31.2. The molecule has 3 N–H and O–H groups in total. The number of unbranched alkanes of at least 4 members (excludes halogenated alkanes) is 37. The van der Waals surface area contributed by atoms with Crippen molar-refractivity contribution in [2.75, 3.05) is 39.6 Å². The van der Waals surface area contributed by atoms with Gasteiger partial charge in [-0.15, -0.1) is 0 Å². The van der Waals surface area contributed by atoms with Crippen molar-refractivity contribution in [3.63, 3.8) is 0 Å². The second-order valence-electron chi connectivity index (χ2n) is 25.9. The summed E-state index contributed by atoms with van der Waals surface area (Å²) in [6, 6.07) is 0. The SMILES string of the molecule is CC/C=C\C/C=C\C/C=C\C/C=C\C/C=C\CCCC(=O)OCC(COP(=O)(O)OCC(O)COP(=O)(O)OCC(COC(=O)CCCCCCCCCCCCCCC)OC(=O)CCCCCCCCCCCCCCC)OC(=O)CCCCCCCCCCCCCCC. The van der Waals surface area contributed by atoms with Gasteiger partial charge in [-0.1, -0.05) is 320 Å². The van der Waals surface area contributed by atoms with E-state index in [0.29, 0.717) is 32.1 Å². The Hall–Kier alpha value is -3.24. The van der Waals surface area contributed by atoms with Gasteiger partial charge >= 0.3 is 39.5 Å². The highest BCUT2D eigenvalue weighted by molar-refractivity contribution is 7.47. The van der Waals surface area contributed by atoms with E-state index in [9.17, 15) is 43.2 Å². The highest BCUT2D eigenvalue weighted by Crippen LogP contribution is 2.45. The van der Waals surface area contributed by atoms with Gasteiger partial charge in [0, 0.05) is 25.7 Å². The fourth-order valence-electron chi connectivity index (χ4n) is 10.7. The number of carbonyl (C=O) groups excluding carboxylic acids is 4. The van der Waals surface area contributed by atoms with Crippen LogP contribution in [0, 0.1) is 0 Å². The van der Waals surface area contributed by atoms with Crippen molar-refractivity contribution in [1.82, 2.24) is 0 Å². The minimum atomic E-state index is -4.98. The van der Waals surface area contributed by atoms with E-state index in [2.05, 4.69) is 76.3 Å². The Morgan fingerprint density at radius 2 is 0.542 bits per heavy atom. The fourth-order valence-corrected chi connectivity index (χ4v) is 12.2. The van der Waals surface area contributed by atoms with Crippen molar-refractivity contribution in [2.45, 2.75) is 367 Å². The third-order valence-corrected chi connectivity index (χ3v) is 18.4. The van der Waals surface area contributed by atoms with Crippen molar-refractivity contribution in [2.24, 2.45) is 0 Å². The molecule has 0 aromatic heterocycles. The molecule has 0 saturated carbocycles. The summed E-state index contributed by atoms with van der Waals surface area (Å²) in [6.45, 7) is 4.76. The number of phosphoric acid groups is 2. The lowest BCUT2D eigenvalue weighted by molar-refractivity contribution is -0.161. The Labute approximate surface area is 584 Å². The van der Waals surface area contributed by atoms with E-state index in [-0.39, 0.29) is 25.7 Å². The van der Waals surface area contributed by atoms with E-state index in [0.717, 1.165) is 103 Å². The number of hydrogen-bond acceptors (Lipinski definition) is 15. The second kappa shape index (κ2) is 70.2. The molecule has 5 unspecified atom stereocenters. The van der Waals surface area contributed by atoms with Crippen LogP contribution in [-0.4, -0.2) is 96.7 Å². The van der Waals surface area contributed by atoms with Gasteiger partial charge in [-0.3, -0.25) is 37.3 Å². The molecule has 0 amide bonds. The summed E-state index contributed by atoms with van der Waals surface area (Å²) < 4.78 is 68.4. The molecule has 0 saturated heterocycles. The van der Waals surface area contributed by atoms with Crippen LogP contribution in [0.25, 0.3) is 0 Å². The summed E-state index contributed by atoms with van der Waals surface area (Å²) in [6.07, 6.45) is 67.9. The average Bonchev–Trinajstić information content (AvgIpc) is 3.12. The molecule has 0 aliphatic heterocycles. The molecule has 0 aliphatic carbocycles.